The summed E-state index contributed by atoms with van der Waals surface area (Å²) in [6.07, 6.45) is 9.74. The lowest BCUT2D eigenvalue weighted by atomic mass is 9.85. The van der Waals surface area contributed by atoms with E-state index >= 15 is 0 Å². The van der Waals surface area contributed by atoms with Crippen molar-refractivity contribution in [3.63, 3.8) is 0 Å². The van der Waals surface area contributed by atoms with E-state index in [4.69, 9.17) is 0 Å². The highest BCUT2D eigenvalue weighted by Gasteiger charge is 2.29. The average molecular weight is 288 g/mol. The summed E-state index contributed by atoms with van der Waals surface area (Å²) < 4.78 is 0. The third-order valence-electron chi connectivity index (χ3n) is 4.16. The number of nitrogens with one attached hydrogen (secondary N) is 1. The topological polar surface area (TPSA) is 29.1 Å². The van der Waals surface area contributed by atoms with Crippen LogP contribution in [0.5, 0.6) is 0 Å². The van der Waals surface area contributed by atoms with E-state index in [0.29, 0.717) is 23.8 Å². The van der Waals surface area contributed by atoms with Crippen molar-refractivity contribution < 1.29 is 4.79 Å². The van der Waals surface area contributed by atoms with Crippen LogP contribution >= 0.6 is 15.9 Å². The molecule has 16 heavy (non-hydrogen) atoms. The van der Waals surface area contributed by atoms with Crippen molar-refractivity contribution in [1.82, 2.24) is 5.32 Å². The van der Waals surface area contributed by atoms with Crippen LogP contribution in [0, 0.1) is 11.8 Å². The molecular formula is C13H22BrNO. The number of rotatable bonds is 3. The molecule has 1 amide bonds. The fourth-order valence-electron chi connectivity index (χ4n) is 3.07. The number of carbonyl (C=O) groups is 1. The average Bonchev–Trinajstić information content (AvgIpc) is 2.83. The lowest BCUT2D eigenvalue weighted by Gasteiger charge is -2.31. The molecule has 3 heteroatoms. The number of hydrogen-bond acceptors (Lipinski definition) is 1. The molecule has 2 unspecified atom stereocenters. The molecule has 2 aliphatic rings. The largest absolute Gasteiger partial charge is 0.353 e. The van der Waals surface area contributed by atoms with Crippen LogP contribution in [0.2, 0.25) is 0 Å². The van der Waals surface area contributed by atoms with Gasteiger partial charge in [0.2, 0.25) is 5.91 Å². The van der Waals surface area contributed by atoms with Gasteiger partial charge in [0.05, 0.1) is 0 Å². The van der Waals surface area contributed by atoms with E-state index in [2.05, 4.69) is 21.2 Å². The van der Waals surface area contributed by atoms with Gasteiger partial charge in [-0.2, -0.15) is 0 Å². The lowest BCUT2D eigenvalue weighted by Crippen LogP contribution is -2.44. The summed E-state index contributed by atoms with van der Waals surface area (Å²) in [4.78, 5) is 12.0. The van der Waals surface area contributed by atoms with Gasteiger partial charge < -0.3 is 5.32 Å². The Labute approximate surface area is 107 Å². The zero-order chi connectivity index (χ0) is 11.4. The first-order valence-corrected chi connectivity index (χ1v) is 7.79. The molecule has 1 N–H and O–H groups in total. The van der Waals surface area contributed by atoms with Crippen molar-refractivity contribution in [2.45, 2.75) is 57.4 Å². The first-order valence-electron chi connectivity index (χ1n) is 6.67. The summed E-state index contributed by atoms with van der Waals surface area (Å²) in [5, 5.41) is 4.32. The predicted molar refractivity (Wildman–Crippen MR) is 69.6 cm³/mol. The molecule has 0 spiro atoms. The fraction of sp³-hybridized carbons (Fsp3) is 0.923. The van der Waals surface area contributed by atoms with Crippen LogP contribution in [0.3, 0.4) is 0 Å². The number of carbonyl (C=O) groups excluding carboxylic acids is 1. The molecule has 0 bridgehead atoms. The van der Waals surface area contributed by atoms with Gasteiger partial charge >= 0.3 is 0 Å². The molecule has 0 heterocycles. The smallest absolute Gasteiger partial charge is 0.223 e. The Kier molecular flexibility index (Phi) is 4.68. The van der Waals surface area contributed by atoms with E-state index in [1.165, 1.54) is 38.5 Å². The molecule has 2 nitrogen and oxygen atoms in total. The van der Waals surface area contributed by atoms with Gasteiger partial charge in [-0.15, -0.1) is 0 Å². The quantitative estimate of drug-likeness (QED) is 0.794. The van der Waals surface area contributed by atoms with Gasteiger partial charge in [0.15, 0.2) is 0 Å². The molecule has 0 aromatic heterocycles. The van der Waals surface area contributed by atoms with Crippen molar-refractivity contribution in [1.29, 1.82) is 0 Å². The number of halogens is 1. The van der Waals surface area contributed by atoms with E-state index < -0.39 is 0 Å². The van der Waals surface area contributed by atoms with Crippen molar-refractivity contribution in [3.8, 4) is 0 Å². The molecule has 0 aromatic rings. The monoisotopic (exact) mass is 287 g/mol. The summed E-state index contributed by atoms with van der Waals surface area (Å²) in [5.41, 5.74) is 0. The second kappa shape index (κ2) is 6.04. The van der Waals surface area contributed by atoms with Crippen LogP contribution in [-0.4, -0.2) is 17.3 Å². The zero-order valence-electron chi connectivity index (χ0n) is 9.88. The van der Waals surface area contributed by atoms with E-state index in [1.54, 1.807) is 0 Å². The first kappa shape index (κ1) is 12.4. The minimum Gasteiger partial charge on any atom is -0.353 e. The Morgan fingerprint density at radius 3 is 2.38 bits per heavy atom. The van der Waals surface area contributed by atoms with Crippen LogP contribution in [0.1, 0.15) is 51.4 Å². The van der Waals surface area contributed by atoms with E-state index in [0.717, 1.165) is 18.2 Å². The Morgan fingerprint density at radius 2 is 1.69 bits per heavy atom. The van der Waals surface area contributed by atoms with E-state index in [-0.39, 0.29) is 0 Å². The summed E-state index contributed by atoms with van der Waals surface area (Å²) >= 11 is 3.57. The highest BCUT2D eigenvalue weighted by molar-refractivity contribution is 9.09. The Balaban J connectivity index is 1.84. The third kappa shape index (κ3) is 2.99. The fourth-order valence-corrected chi connectivity index (χ4v) is 3.85. The molecule has 0 aromatic carbocycles. The maximum Gasteiger partial charge on any atom is 0.223 e. The number of amides is 1. The van der Waals surface area contributed by atoms with Gasteiger partial charge in [0.25, 0.3) is 0 Å². The van der Waals surface area contributed by atoms with Crippen LogP contribution in [0.4, 0.5) is 0 Å². The second-order valence-corrected chi connectivity index (χ2v) is 5.94. The van der Waals surface area contributed by atoms with Gasteiger partial charge in [0, 0.05) is 17.3 Å². The van der Waals surface area contributed by atoms with Gasteiger partial charge in [-0.1, -0.05) is 41.6 Å². The van der Waals surface area contributed by atoms with Gasteiger partial charge in [-0.3, -0.25) is 4.79 Å². The minimum atomic E-state index is 0.318. The van der Waals surface area contributed by atoms with Gasteiger partial charge in [0.1, 0.15) is 0 Å². The molecule has 2 aliphatic carbocycles. The normalized spacial score (nSPS) is 31.6. The second-order valence-electron chi connectivity index (χ2n) is 5.30. The molecule has 2 fully saturated rings. The highest BCUT2D eigenvalue weighted by atomic mass is 79.9. The summed E-state index contributed by atoms with van der Waals surface area (Å²) in [7, 11) is 0. The van der Waals surface area contributed by atoms with Gasteiger partial charge in [-0.05, 0) is 31.6 Å². The zero-order valence-corrected chi connectivity index (χ0v) is 11.5. The van der Waals surface area contributed by atoms with Crippen LogP contribution in [0.25, 0.3) is 0 Å². The molecule has 2 saturated carbocycles. The number of alkyl halides is 1. The minimum absolute atomic E-state index is 0.318. The maximum atomic E-state index is 12.0. The summed E-state index contributed by atoms with van der Waals surface area (Å²) in [6.45, 7) is 0. The molecule has 0 saturated heterocycles. The Morgan fingerprint density at radius 1 is 1.06 bits per heavy atom. The molecular weight excluding hydrogens is 266 g/mol. The van der Waals surface area contributed by atoms with Crippen LogP contribution < -0.4 is 5.32 Å². The Bertz CT molecular complexity index is 238. The van der Waals surface area contributed by atoms with Crippen molar-refractivity contribution >= 4 is 21.8 Å². The van der Waals surface area contributed by atoms with E-state index in [9.17, 15) is 4.79 Å². The predicted octanol–water partition coefficient (Wildman–Crippen LogP) is 3.25. The van der Waals surface area contributed by atoms with Crippen molar-refractivity contribution in [2.24, 2.45) is 11.8 Å². The molecule has 2 atom stereocenters. The Hall–Kier alpha value is -0.0500. The van der Waals surface area contributed by atoms with Crippen molar-refractivity contribution in [2.75, 3.05) is 5.33 Å². The summed E-state index contributed by atoms with van der Waals surface area (Å²) in [5.74, 6) is 1.30. The van der Waals surface area contributed by atoms with Crippen LogP contribution in [0.15, 0.2) is 0 Å². The van der Waals surface area contributed by atoms with Crippen molar-refractivity contribution in [3.05, 3.63) is 0 Å². The lowest BCUT2D eigenvalue weighted by molar-refractivity contribution is -0.126. The standard InChI is InChI=1S/C13H22BrNO/c14-9-11-7-3-4-8-12(11)15-13(16)10-5-1-2-6-10/h10-12H,1-9H2,(H,15,16). The molecule has 92 valence electrons. The summed E-state index contributed by atoms with van der Waals surface area (Å²) in [6, 6.07) is 0.432. The van der Waals surface area contributed by atoms with Crippen LogP contribution in [-0.2, 0) is 4.79 Å². The maximum absolute atomic E-state index is 12.0. The van der Waals surface area contributed by atoms with Gasteiger partial charge in [-0.25, -0.2) is 0 Å². The third-order valence-corrected chi connectivity index (χ3v) is 4.99. The molecule has 2 rings (SSSR count). The SMILES string of the molecule is O=C(NC1CCCCC1CBr)C1CCCC1. The number of hydrogen-bond donors (Lipinski definition) is 1. The van der Waals surface area contributed by atoms with E-state index in [1.807, 2.05) is 0 Å². The molecule has 0 radical (unpaired) electrons. The highest BCUT2D eigenvalue weighted by Crippen LogP contribution is 2.28. The molecule has 0 aliphatic heterocycles. The first-order chi connectivity index (χ1) is 7.81.